The van der Waals surface area contributed by atoms with Crippen LogP contribution in [0.4, 0.5) is 20.6 Å². The van der Waals surface area contributed by atoms with Crippen LogP contribution in [-0.2, 0) is 13.1 Å². The van der Waals surface area contributed by atoms with Crippen molar-refractivity contribution in [3.8, 4) is 0 Å². The number of urea groups is 1. The lowest BCUT2D eigenvalue weighted by atomic mass is 10.0. The summed E-state index contributed by atoms with van der Waals surface area (Å²) < 4.78 is 14.4. The van der Waals surface area contributed by atoms with Crippen molar-refractivity contribution in [2.45, 2.75) is 13.1 Å². The Kier molecular flexibility index (Phi) is 4.70. The van der Waals surface area contributed by atoms with Crippen LogP contribution in [0.3, 0.4) is 0 Å². The fourth-order valence-corrected chi connectivity index (χ4v) is 3.77. The Hall–Kier alpha value is -2.31. The molecule has 2 amide bonds. The number of nitrogens with one attached hydrogen (secondary N) is 2. The molecule has 1 fully saturated rings. The molecule has 136 valence electrons. The minimum atomic E-state index is -0.330. The maximum absolute atomic E-state index is 14.4. The summed E-state index contributed by atoms with van der Waals surface area (Å²) in [5, 5.41) is 6.83. The summed E-state index contributed by atoms with van der Waals surface area (Å²) in [5.41, 5.74) is 3.34. The molecule has 0 bridgehead atoms. The molecule has 0 saturated carbocycles. The van der Waals surface area contributed by atoms with Gasteiger partial charge in [0.15, 0.2) is 0 Å². The van der Waals surface area contributed by atoms with E-state index in [4.69, 9.17) is 11.6 Å². The van der Waals surface area contributed by atoms with E-state index in [1.165, 1.54) is 6.07 Å². The van der Waals surface area contributed by atoms with E-state index >= 15 is 0 Å². The smallest absolute Gasteiger partial charge is 0.322 e. The fraction of sp³-hybridized carbons (Fsp3) is 0.316. The van der Waals surface area contributed by atoms with E-state index in [-0.39, 0.29) is 11.8 Å². The van der Waals surface area contributed by atoms with E-state index in [9.17, 15) is 9.18 Å². The zero-order valence-corrected chi connectivity index (χ0v) is 15.0. The van der Waals surface area contributed by atoms with Gasteiger partial charge in [0.2, 0.25) is 0 Å². The number of fused-ring (bicyclic) bond motifs is 1. The van der Waals surface area contributed by atoms with Crippen molar-refractivity contribution in [1.29, 1.82) is 0 Å². The molecular weight excluding hydrogens is 355 g/mol. The first-order chi connectivity index (χ1) is 12.6. The van der Waals surface area contributed by atoms with Gasteiger partial charge in [0, 0.05) is 49.0 Å². The highest BCUT2D eigenvalue weighted by Gasteiger charge is 2.28. The van der Waals surface area contributed by atoms with E-state index in [2.05, 4.69) is 15.5 Å². The van der Waals surface area contributed by atoms with Gasteiger partial charge in [0.05, 0.1) is 12.2 Å². The second-order valence-corrected chi connectivity index (χ2v) is 6.97. The van der Waals surface area contributed by atoms with Gasteiger partial charge < -0.3 is 15.5 Å². The van der Waals surface area contributed by atoms with Crippen LogP contribution in [0.1, 0.15) is 11.1 Å². The SMILES string of the molecule is O=C1NCc2c(N3CCNCC3)cc(F)cc2N1Cc1cccc(Cl)c1. The summed E-state index contributed by atoms with van der Waals surface area (Å²) in [5.74, 6) is -0.330. The molecule has 5 nitrogen and oxygen atoms in total. The average Bonchev–Trinajstić information content (AvgIpc) is 2.64. The third-order valence-corrected chi connectivity index (χ3v) is 5.04. The first-order valence-electron chi connectivity index (χ1n) is 8.70. The molecule has 2 aromatic rings. The molecular formula is C19H20ClFN4O. The minimum absolute atomic E-state index is 0.227. The molecule has 2 aliphatic heterocycles. The van der Waals surface area contributed by atoms with Gasteiger partial charge >= 0.3 is 6.03 Å². The molecule has 2 heterocycles. The predicted octanol–water partition coefficient (Wildman–Crippen LogP) is 3.12. The third-order valence-electron chi connectivity index (χ3n) is 4.81. The standard InChI is InChI=1S/C19H20ClFN4O/c20-14-3-1-2-13(8-14)12-25-18-10-15(21)9-17(16(18)11-23-19(25)26)24-6-4-22-5-7-24/h1-3,8-10,22H,4-7,11-12H2,(H,23,26). The number of benzene rings is 2. The van der Waals surface area contributed by atoms with E-state index in [0.717, 1.165) is 43.0 Å². The molecule has 0 aliphatic carbocycles. The van der Waals surface area contributed by atoms with E-state index in [1.807, 2.05) is 18.2 Å². The van der Waals surface area contributed by atoms with Crippen LogP contribution in [0.25, 0.3) is 0 Å². The van der Waals surface area contributed by atoms with Crippen molar-refractivity contribution in [3.63, 3.8) is 0 Å². The minimum Gasteiger partial charge on any atom is -0.369 e. The highest BCUT2D eigenvalue weighted by Crippen LogP contribution is 2.35. The Bertz CT molecular complexity index is 838. The van der Waals surface area contributed by atoms with E-state index in [0.29, 0.717) is 23.8 Å². The van der Waals surface area contributed by atoms with Gasteiger partial charge in [-0.3, -0.25) is 4.90 Å². The van der Waals surface area contributed by atoms with Crippen LogP contribution < -0.4 is 20.4 Å². The van der Waals surface area contributed by atoms with Crippen LogP contribution in [0, 0.1) is 5.82 Å². The summed E-state index contributed by atoms with van der Waals surface area (Å²) in [6, 6.07) is 10.2. The van der Waals surface area contributed by atoms with Crippen LogP contribution in [0.15, 0.2) is 36.4 Å². The number of nitrogens with zero attached hydrogens (tertiary/aromatic N) is 2. The number of hydrogen-bond donors (Lipinski definition) is 2. The van der Waals surface area contributed by atoms with Gasteiger partial charge in [0.25, 0.3) is 0 Å². The maximum Gasteiger partial charge on any atom is 0.322 e. The van der Waals surface area contributed by atoms with Crippen LogP contribution >= 0.6 is 11.6 Å². The molecule has 7 heteroatoms. The lowest BCUT2D eigenvalue weighted by Gasteiger charge is -2.36. The molecule has 0 spiro atoms. The van der Waals surface area contributed by atoms with Gasteiger partial charge in [-0.2, -0.15) is 0 Å². The third kappa shape index (κ3) is 3.34. The van der Waals surface area contributed by atoms with Gasteiger partial charge in [0.1, 0.15) is 5.82 Å². The number of amides is 2. The topological polar surface area (TPSA) is 47.6 Å². The molecule has 2 aliphatic rings. The van der Waals surface area contributed by atoms with Crippen molar-refractivity contribution in [2.75, 3.05) is 36.0 Å². The number of hydrogen-bond acceptors (Lipinski definition) is 3. The highest BCUT2D eigenvalue weighted by molar-refractivity contribution is 6.30. The zero-order valence-electron chi connectivity index (χ0n) is 14.3. The summed E-state index contributed by atoms with van der Waals surface area (Å²) in [4.78, 5) is 16.2. The summed E-state index contributed by atoms with van der Waals surface area (Å²) >= 11 is 6.06. The average molecular weight is 375 g/mol. The number of piperazine rings is 1. The molecule has 0 aromatic heterocycles. The second kappa shape index (κ2) is 7.13. The first kappa shape index (κ1) is 17.1. The summed E-state index contributed by atoms with van der Waals surface area (Å²) in [6.07, 6.45) is 0. The van der Waals surface area contributed by atoms with Gasteiger partial charge in [-0.1, -0.05) is 23.7 Å². The fourth-order valence-electron chi connectivity index (χ4n) is 3.56. The number of halogens is 2. The second-order valence-electron chi connectivity index (χ2n) is 6.53. The molecule has 0 unspecified atom stereocenters. The molecule has 2 N–H and O–H groups in total. The van der Waals surface area contributed by atoms with Crippen LogP contribution in [0.5, 0.6) is 0 Å². The quantitative estimate of drug-likeness (QED) is 0.867. The summed E-state index contributed by atoms with van der Waals surface area (Å²) in [7, 11) is 0. The van der Waals surface area contributed by atoms with Gasteiger partial charge in [-0.15, -0.1) is 0 Å². The number of rotatable bonds is 3. The number of anilines is 2. The molecule has 4 rings (SSSR count). The monoisotopic (exact) mass is 374 g/mol. The molecule has 0 radical (unpaired) electrons. The Morgan fingerprint density at radius 2 is 1.88 bits per heavy atom. The Morgan fingerprint density at radius 3 is 2.65 bits per heavy atom. The largest absolute Gasteiger partial charge is 0.369 e. The van der Waals surface area contributed by atoms with E-state index in [1.54, 1.807) is 17.0 Å². The van der Waals surface area contributed by atoms with Crippen molar-refractivity contribution in [2.24, 2.45) is 0 Å². The molecule has 2 aromatic carbocycles. The normalized spacial score (nSPS) is 17.1. The van der Waals surface area contributed by atoms with Crippen molar-refractivity contribution in [3.05, 3.63) is 58.4 Å². The summed E-state index contributed by atoms with van der Waals surface area (Å²) in [6.45, 7) is 4.10. The van der Waals surface area contributed by atoms with E-state index < -0.39 is 0 Å². The van der Waals surface area contributed by atoms with Crippen LogP contribution in [-0.4, -0.2) is 32.2 Å². The highest BCUT2D eigenvalue weighted by atomic mass is 35.5. The Balaban J connectivity index is 1.72. The number of carbonyl (C=O) groups is 1. The zero-order chi connectivity index (χ0) is 18.1. The maximum atomic E-state index is 14.4. The molecule has 0 atom stereocenters. The van der Waals surface area contributed by atoms with Gasteiger partial charge in [-0.05, 0) is 29.8 Å². The predicted molar refractivity (Wildman–Crippen MR) is 101 cm³/mol. The van der Waals surface area contributed by atoms with Crippen LogP contribution in [0.2, 0.25) is 5.02 Å². The van der Waals surface area contributed by atoms with Crippen molar-refractivity contribution < 1.29 is 9.18 Å². The Morgan fingerprint density at radius 1 is 1.12 bits per heavy atom. The lowest BCUT2D eigenvalue weighted by Crippen LogP contribution is -2.47. The first-order valence-corrected chi connectivity index (χ1v) is 9.07. The van der Waals surface area contributed by atoms with Crippen molar-refractivity contribution in [1.82, 2.24) is 10.6 Å². The Labute approximate surface area is 156 Å². The van der Waals surface area contributed by atoms with Crippen molar-refractivity contribution >= 4 is 29.0 Å². The van der Waals surface area contributed by atoms with Gasteiger partial charge in [-0.25, -0.2) is 9.18 Å². The molecule has 26 heavy (non-hydrogen) atoms. The molecule has 1 saturated heterocycles. The number of carbonyl (C=O) groups excluding carboxylic acids is 1. The lowest BCUT2D eigenvalue weighted by molar-refractivity contribution is 0.244.